The van der Waals surface area contributed by atoms with Gasteiger partial charge < -0.3 is 9.30 Å². The Hall–Kier alpha value is -3.13. The van der Waals surface area contributed by atoms with E-state index in [4.69, 9.17) is 16.3 Å². The largest absolute Gasteiger partial charge is 0.460 e. The minimum absolute atomic E-state index is 0.0344. The fourth-order valence-corrected chi connectivity index (χ4v) is 3.55. The number of ether oxygens (including phenoxy) is 1. The van der Waals surface area contributed by atoms with Crippen molar-refractivity contribution in [2.45, 2.75) is 45.5 Å². The summed E-state index contributed by atoms with van der Waals surface area (Å²) >= 11 is 6.10. The minimum Gasteiger partial charge on any atom is -0.460 e. The Balaban J connectivity index is 2.13. The number of hydrogen-bond donors (Lipinski definition) is 0. The standard InChI is InChI=1S/C24H22ClF3N2O3/c1-23(2,3)33-19(31)12-16-14-30(13-15-8-5-4-6-9-15)21(29-22(16)32)17-10-7-11-18(20(17)25)24(26,27)28/h4-11,14H,12-13H2,1-3H3. The van der Waals surface area contributed by atoms with Gasteiger partial charge in [0.25, 0.3) is 5.56 Å². The number of carbonyl (C=O) groups is 1. The zero-order chi connectivity index (χ0) is 24.4. The van der Waals surface area contributed by atoms with Crippen LogP contribution in [0.4, 0.5) is 13.2 Å². The Morgan fingerprint density at radius 1 is 1.06 bits per heavy atom. The van der Waals surface area contributed by atoms with Gasteiger partial charge in [0.1, 0.15) is 11.4 Å². The molecule has 5 nitrogen and oxygen atoms in total. The molecule has 0 saturated heterocycles. The summed E-state index contributed by atoms with van der Waals surface area (Å²) in [6.07, 6.45) is -3.58. The lowest BCUT2D eigenvalue weighted by molar-refractivity contribution is -0.154. The summed E-state index contributed by atoms with van der Waals surface area (Å²) in [4.78, 5) is 29.0. The van der Waals surface area contributed by atoms with Crippen molar-refractivity contribution in [2.75, 3.05) is 0 Å². The van der Waals surface area contributed by atoms with Gasteiger partial charge >= 0.3 is 12.1 Å². The van der Waals surface area contributed by atoms with Gasteiger partial charge in [-0.1, -0.05) is 48.0 Å². The number of nitrogens with zero attached hydrogens (tertiary/aromatic N) is 2. The molecule has 3 rings (SSSR count). The van der Waals surface area contributed by atoms with Crippen LogP contribution in [0, 0.1) is 0 Å². The van der Waals surface area contributed by atoms with E-state index in [-0.39, 0.29) is 29.9 Å². The highest BCUT2D eigenvalue weighted by molar-refractivity contribution is 6.34. The molecule has 0 amide bonds. The van der Waals surface area contributed by atoms with E-state index >= 15 is 0 Å². The van der Waals surface area contributed by atoms with Crippen molar-refractivity contribution in [3.63, 3.8) is 0 Å². The molecule has 0 aliphatic heterocycles. The van der Waals surface area contributed by atoms with Gasteiger partial charge in [-0.05, 0) is 38.5 Å². The fourth-order valence-electron chi connectivity index (χ4n) is 3.23. The second-order valence-electron chi connectivity index (χ2n) is 8.44. The highest BCUT2D eigenvalue weighted by Crippen LogP contribution is 2.39. The second kappa shape index (κ2) is 9.39. The molecule has 1 aromatic heterocycles. The van der Waals surface area contributed by atoms with Crippen LogP contribution >= 0.6 is 11.6 Å². The van der Waals surface area contributed by atoms with Crippen molar-refractivity contribution < 1.29 is 22.7 Å². The van der Waals surface area contributed by atoms with E-state index < -0.39 is 33.9 Å². The van der Waals surface area contributed by atoms with E-state index in [1.807, 2.05) is 30.3 Å². The molecular weight excluding hydrogens is 457 g/mol. The van der Waals surface area contributed by atoms with Crippen LogP contribution < -0.4 is 5.56 Å². The van der Waals surface area contributed by atoms with E-state index in [0.717, 1.165) is 11.6 Å². The van der Waals surface area contributed by atoms with Gasteiger partial charge in [0.2, 0.25) is 0 Å². The summed E-state index contributed by atoms with van der Waals surface area (Å²) < 4.78 is 47.0. The molecule has 0 radical (unpaired) electrons. The van der Waals surface area contributed by atoms with Crippen molar-refractivity contribution in [2.24, 2.45) is 0 Å². The van der Waals surface area contributed by atoms with Crippen LogP contribution in [0.2, 0.25) is 5.02 Å². The highest BCUT2D eigenvalue weighted by Gasteiger charge is 2.34. The first kappa shape index (κ1) is 24.5. The Morgan fingerprint density at radius 3 is 2.33 bits per heavy atom. The lowest BCUT2D eigenvalue weighted by Gasteiger charge is -2.20. The summed E-state index contributed by atoms with van der Waals surface area (Å²) in [6.45, 7) is 5.30. The minimum atomic E-state index is -4.67. The maximum atomic E-state index is 13.4. The molecule has 0 spiro atoms. The Morgan fingerprint density at radius 2 is 1.73 bits per heavy atom. The predicted molar refractivity (Wildman–Crippen MR) is 119 cm³/mol. The molecule has 2 aromatic carbocycles. The Bertz CT molecular complexity index is 1220. The molecular formula is C24H22ClF3N2O3. The van der Waals surface area contributed by atoms with E-state index in [2.05, 4.69) is 4.98 Å². The maximum absolute atomic E-state index is 13.4. The zero-order valence-corrected chi connectivity index (χ0v) is 19.0. The van der Waals surface area contributed by atoms with Gasteiger partial charge in [-0.15, -0.1) is 0 Å². The monoisotopic (exact) mass is 478 g/mol. The SMILES string of the molecule is CC(C)(C)OC(=O)Cc1cn(Cc2ccccc2)c(-c2cccc(C(F)(F)F)c2Cl)nc1=O. The van der Waals surface area contributed by atoms with Crippen LogP contribution in [0.1, 0.15) is 37.5 Å². The Labute approximate surface area is 193 Å². The predicted octanol–water partition coefficient (Wildman–Crippen LogP) is 5.52. The number of halogens is 4. The van der Waals surface area contributed by atoms with Crippen LogP contribution in [0.3, 0.4) is 0 Å². The van der Waals surface area contributed by atoms with Crippen molar-refractivity contribution >= 4 is 17.6 Å². The van der Waals surface area contributed by atoms with Gasteiger partial charge in [-0.25, -0.2) is 0 Å². The van der Waals surface area contributed by atoms with E-state index in [1.54, 1.807) is 20.8 Å². The van der Waals surface area contributed by atoms with Crippen molar-refractivity contribution in [1.82, 2.24) is 9.55 Å². The first-order chi connectivity index (χ1) is 15.3. The van der Waals surface area contributed by atoms with Crippen LogP contribution in [-0.2, 0) is 28.7 Å². The highest BCUT2D eigenvalue weighted by atomic mass is 35.5. The normalized spacial score (nSPS) is 12.0. The third kappa shape index (κ3) is 6.22. The third-order valence-electron chi connectivity index (χ3n) is 4.56. The van der Waals surface area contributed by atoms with Gasteiger partial charge in [0, 0.05) is 23.9 Å². The first-order valence-corrected chi connectivity index (χ1v) is 10.4. The van der Waals surface area contributed by atoms with Gasteiger partial charge in [0.15, 0.2) is 0 Å². The van der Waals surface area contributed by atoms with Crippen molar-refractivity contribution in [1.29, 1.82) is 0 Å². The summed E-state index contributed by atoms with van der Waals surface area (Å²) in [7, 11) is 0. The number of carbonyl (C=O) groups excluding carboxylic acids is 1. The molecule has 0 unspecified atom stereocenters. The second-order valence-corrected chi connectivity index (χ2v) is 8.81. The zero-order valence-electron chi connectivity index (χ0n) is 18.2. The molecule has 174 valence electrons. The van der Waals surface area contributed by atoms with Crippen LogP contribution in [0.25, 0.3) is 11.4 Å². The topological polar surface area (TPSA) is 61.2 Å². The maximum Gasteiger partial charge on any atom is 0.417 e. The van der Waals surface area contributed by atoms with Crippen LogP contribution in [-0.4, -0.2) is 21.1 Å². The molecule has 0 atom stereocenters. The smallest absolute Gasteiger partial charge is 0.417 e. The van der Waals surface area contributed by atoms with Gasteiger partial charge in [0.05, 0.1) is 17.0 Å². The summed E-state index contributed by atoms with van der Waals surface area (Å²) in [6, 6.07) is 12.5. The molecule has 9 heteroatoms. The number of hydrogen-bond acceptors (Lipinski definition) is 4. The number of esters is 1. The lowest BCUT2D eigenvalue weighted by atomic mass is 10.1. The van der Waals surface area contributed by atoms with Crippen LogP contribution in [0.15, 0.2) is 59.5 Å². The summed E-state index contributed by atoms with van der Waals surface area (Å²) in [5.41, 5.74) is -1.67. The third-order valence-corrected chi connectivity index (χ3v) is 4.97. The van der Waals surface area contributed by atoms with E-state index in [1.165, 1.54) is 22.9 Å². The lowest BCUT2D eigenvalue weighted by Crippen LogP contribution is -2.28. The number of aromatic nitrogens is 2. The molecule has 33 heavy (non-hydrogen) atoms. The van der Waals surface area contributed by atoms with Crippen molar-refractivity contribution in [3.8, 4) is 11.4 Å². The molecule has 3 aromatic rings. The first-order valence-electron chi connectivity index (χ1n) is 10.1. The Kier molecular flexibility index (Phi) is 6.97. The van der Waals surface area contributed by atoms with Crippen molar-refractivity contribution in [3.05, 3.63) is 86.8 Å². The fraction of sp³-hybridized carbons (Fsp3) is 0.292. The summed E-state index contributed by atoms with van der Waals surface area (Å²) in [5, 5.41) is -0.557. The molecule has 0 bridgehead atoms. The molecule has 0 aliphatic rings. The average molecular weight is 479 g/mol. The molecule has 0 saturated carbocycles. The van der Waals surface area contributed by atoms with Crippen LogP contribution in [0.5, 0.6) is 0 Å². The van der Waals surface area contributed by atoms with E-state index in [9.17, 15) is 22.8 Å². The van der Waals surface area contributed by atoms with Gasteiger partial charge in [-0.2, -0.15) is 18.2 Å². The van der Waals surface area contributed by atoms with Gasteiger partial charge in [-0.3, -0.25) is 9.59 Å². The number of benzene rings is 2. The van der Waals surface area contributed by atoms with E-state index in [0.29, 0.717) is 0 Å². The molecule has 0 aliphatic carbocycles. The quantitative estimate of drug-likeness (QED) is 0.453. The average Bonchev–Trinajstić information content (AvgIpc) is 2.69. The number of rotatable bonds is 5. The number of alkyl halides is 3. The summed E-state index contributed by atoms with van der Waals surface area (Å²) in [5.74, 6) is -0.648. The molecule has 0 N–H and O–H groups in total. The molecule has 0 fully saturated rings. The molecule has 1 heterocycles.